The van der Waals surface area contributed by atoms with Crippen molar-refractivity contribution in [3.05, 3.63) is 118 Å². The smallest absolute Gasteiger partial charge is 0.158 e. The van der Waals surface area contributed by atoms with Gasteiger partial charge in [0.25, 0.3) is 0 Å². The summed E-state index contributed by atoms with van der Waals surface area (Å²) in [4.78, 5) is 0. The van der Waals surface area contributed by atoms with Crippen LogP contribution in [-0.4, -0.2) is 24.9 Å². The van der Waals surface area contributed by atoms with Crippen LogP contribution >= 0.6 is 23.2 Å². The first-order valence-corrected chi connectivity index (χ1v) is 11.6. The van der Waals surface area contributed by atoms with Gasteiger partial charge in [0.15, 0.2) is 11.9 Å². The molecule has 0 spiro atoms. The first-order valence-electron chi connectivity index (χ1n) is 10.9. The predicted octanol–water partition coefficient (Wildman–Crippen LogP) is 6.42. The summed E-state index contributed by atoms with van der Waals surface area (Å²) in [6.45, 7) is 1.56. The molecule has 0 aromatic heterocycles. The van der Waals surface area contributed by atoms with Crippen LogP contribution in [0, 0.1) is 0 Å². The third kappa shape index (κ3) is 6.83. The van der Waals surface area contributed by atoms with Crippen molar-refractivity contribution in [3.8, 4) is 0 Å². The molecule has 0 aliphatic carbocycles. The maximum Gasteiger partial charge on any atom is 0.158 e. The number of hydrogen-bond acceptors (Lipinski definition) is 4. The molecule has 0 saturated carbocycles. The van der Waals surface area contributed by atoms with E-state index in [1.54, 1.807) is 0 Å². The van der Waals surface area contributed by atoms with Gasteiger partial charge in [-0.05, 0) is 16.7 Å². The first kappa shape index (κ1) is 23.8. The summed E-state index contributed by atoms with van der Waals surface area (Å²) in [6, 6.07) is 29.9. The normalized spacial score (nSPS) is 19.9. The van der Waals surface area contributed by atoms with E-state index in [2.05, 4.69) is 0 Å². The van der Waals surface area contributed by atoms with E-state index in [1.807, 2.05) is 91.0 Å². The van der Waals surface area contributed by atoms with Crippen LogP contribution in [0.2, 0.25) is 0 Å². The molecule has 3 aromatic rings. The first-order chi connectivity index (χ1) is 16.2. The van der Waals surface area contributed by atoms with Gasteiger partial charge in [0.1, 0.15) is 16.7 Å². The van der Waals surface area contributed by atoms with E-state index in [-0.39, 0.29) is 4.49 Å². The van der Waals surface area contributed by atoms with Crippen molar-refractivity contribution in [1.29, 1.82) is 0 Å². The third-order valence-electron chi connectivity index (χ3n) is 5.34. The minimum absolute atomic E-state index is 0.0342. The Kier molecular flexibility index (Phi) is 8.81. The Morgan fingerprint density at radius 3 is 1.67 bits per heavy atom. The van der Waals surface area contributed by atoms with Crippen molar-refractivity contribution < 1.29 is 18.9 Å². The number of rotatable bonds is 10. The van der Waals surface area contributed by atoms with Gasteiger partial charge in [-0.2, -0.15) is 0 Å². The van der Waals surface area contributed by atoms with Crippen molar-refractivity contribution in [1.82, 2.24) is 0 Å². The van der Waals surface area contributed by atoms with Crippen LogP contribution in [0.15, 0.2) is 101 Å². The van der Waals surface area contributed by atoms with E-state index in [0.29, 0.717) is 32.2 Å². The van der Waals surface area contributed by atoms with Gasteiger partial charge in [-0.15, -0.1) is 0 Å². The maximum absolute atomic E-state index is 6.30. The second-order valence-electron chi connectivity index (χ2n) is 7.76. The lowest BCUT2D eigenvalue weighted by Crippen LogP contribution is -2.37. The van der Waals surface area contributed by atoms with Crippen LogP contribution in [0.4, 0.5) is 0 Å². The lowest BCUT2D eigenvalue weighted by molar-refractivity contribution is -0.0894. The van der Waals surface area contributed by atoms with E-state index < -0.39 is 18.3 Å². The molecule has 4 nitrogen and oxygen atoms in total. The van der Waals surface area contributed by atoms with E-state index in [0.717, 1.165) is 16.7 Å². The van der Waals surface area contributed by atoms with Crippen LogP contribution in [-0.2, 0) is 38.8 Å². The molecule has 0 amide bonds. The number of hydrogen-bond donors (Lipinski definition) is 0. The molecule has 1 saturated heterocycles. The Morgan fingerprint density at radius 1 is 0.667 bits per heavy atom. The van der Waals surface area contributed by atoms with Crippen LogP contribution in [0.25, 0.3) is 0 Å². The van der Waals surface area contributed by atoms with Gasteiger partial charge in [0.2, 0.25) is 0 Å². The van der Waals surface area contributed by atoms with Crippen molar-refractivity contribution >= 4 is 23.2 Å². The average Bonchev–Trinajstić information content (AvgIpc) is 3.21. The Hall–Kier alpha value is -2.34. The Balaban J connectivity index is 1.48. The summed E-state index contributed by atoms with van der Waals surface area (Å²) in [5.74, 6) is 0.376. The molecule has 33 heavy (non-hydrogen) atoms. The molecule has 0 bridgehead atoms. The molecular formula is C27H26Cl2O4. The number of benzene rings is 3. The minimum Gasteiger partial charge on any atom is -0.484 e. The highest BCUT2D eigenvalue weighted by Crippen LogP contribution is 2.35. The zero-order chi connectivity index (χ0) is 22.9. The van der Waals surface area contributed by atoms with Gasteiger partial charge in [-0.25, -0.2) is 0 Å². The Morgan fingerprint density at radius 2 is 1.15 bits per heavy atom. The zero-order valence-corrected chi connectivity index (χ0v) is 19.6. The lowest BCUT2D eigenvalue weighted by Gasteiger charge is -2.23. The van der Waals surface area contributed by atoms with Crippen LogP contribution in [0.5, 0.6) is 0 Å². The maximum atomic E-state index is 6.30. The molecule has 0 unspecified atom stereocenters. The lowest BCUT2D eigenvalue weighted by atomic mass is 10.1. The molecule has 6 heteroatoms. The average molecular weight is 485 g/mol. The number of ether oxygens (including phenoxy) is 4. The highest BCUT2D eigenvalue weighted by molar-refractivity contribution is 6.56. The van der Waals surface area contributed by atoms with E-state index in [1.165, 1.54) is 0 Å². The van der Waals surface area contributed by atoms with Crippen molar-refractivity contribution in [3.63, 3.8) is 0 Å². The summed E-state index contributed by atoms with van der Waals surface area (Å²) in [6.07, 6.45) is -1.41. The Labute approximate surface area is 204 Å². The van der Waals surface area contributed by atoms with Crippen LogP contribution < -0.4 is 0 Å². The fraction of sp³-hybridized carbons (Fsp3) is 0.259. The van der Waals surface area contributed by atoms with Gasteiger partial charge in [0, 0.05) is 0 Å². The summed E-state index contributed by atoms with van der Waals surface area (Å²) in [5.41, 5.74) is 3.17. The monoisotopic (exact) mass is 484 g/mol. The summed E-state index contributed by atoms with van der Waals surface area (Å²) in [7, 11) is 0. The van der Waals surface area contributed by atoms with Crippen LogP contribution in [0.3, 0.4) is 0 Å². The highest BCUT2D eigenvalue weighted by Gasteiger charge is 2.45. The molecule has 3 aromatic carbocycles. The zero-order valence-electron chi connectivity index (χ0n) is 18.1. The largest absolute Gasteiger partial charge is 0.484 e. The fourth-order valence-corrected chi connectivity index (χ4v) is 3.99. The van der Waals surface area contributed by atoms with Gasteiger partial charge in [-0.3, -0.25) is 0 Å². The molecule has 1 aliphatic heterocycles. The summed E-state index contributed by atoms with van der Waals surface area (Å²) in [5, 5.41) is 0. The third-order valence-corrected chi connectivity index (χ3v) is 5.71. The molecular weight excluding hydrogens is 459 g/mol. The standard InChI is InChI=1S/C27H26Cl2O4/c28-27(29)26-25(32-18-22-14-8-3-9-15-22)24(31-17-21-12-6-2-7-13-21)23(33-26)19-30-16-20-10-4-1-5-11-20/h1-15,23-25H,16-19H2/t23-,24-,25+/m1/s1. The SMILES string of the molecule is ClC(Cl)=C1O[C@H](COCc2ccccc2)[C@@H](OCc2ccccc2)[C@@H]1OCc1ccccc1. The topological polar surface area (TPSA) is 36.9 Å². The summed E-state index contributed by atoms with van der Waals surface area (Å²) >= 11 is 12.4. The fourth-order valence-electron chi connectivity index (χ4n) is 3.68. The van der Waals surface area contributed by atoms with Crippen LogP contribution in [0.1, 0.15) is 16.7 Å². The van der Waals surface area contributed by atoms with Gasteiger partial charge >= 0.3 is 0 Å². The van der Waals surface area contributed by atoms with Crippen molar-refractivity contribution in [2.75, 3.05) is 6.61 Å². The minimum atomic E-state index is -0.552. The molecule has 1 fully saturated rings. The molecule has 1 heterocycles. The van der Waals surface area contributed by atoms with E-state index in [4.69, 9.17) is 42.1 Å². The van der Waals surface area contributed by atoms with Gasteiger partial charge in [-0.1, -0.05) is 114 Å². The van der Waals surface area contributed by atoms with E-state index in [9.17, 15) is 0 Å². The van der Waals surface area contributed by atoms with Gasteiger partial charge < -0.3 is 18.9 Å². The highest BCUT2D eigenvalue weighted by atomic mass is 35.5. The van der Waals surface area contributed by atoms with E-state index >= 15 is 0 Å². The molecule has 4 rings (SSSR count). The molecule has 0 radical (unpaired) electrons. The molecule has 3 atom stereocenters. The summed E-state index contributed by atoms with van der Waals surface area (Å²) < 4.78 is 24.6. The number of halogens is 2. The predicted molar refractivity (Wildman–Crippen MR) is 130 cm³/mol. The quantitative estimate of drug-likeness (QED) is 0.332. The molecule has 0 N–H and O–H groups in total. The van der Waals surface area contributed by atoms with Gasteiger partial charge in [0.05, 0.1) is 26.4 Å². The molecule has 1 aliphatic rings. The second-order valence-corrected chi connectivity index (χ2v) is 8.71. The second kappa shape index (κ2) is 12.2. The Bertz CT molecular complexity index is 1010. The molecule has 172 valence electrons. The van der Waals surface area contributed by atoms with Crippen molar-refractivity contribution in [2.24, 2.45) is 0 Å². The van der Waals surface area contributed by atoms with Crippen molar-refractivity contribution in [2.45, 2.75) is 38.1 Å².